The van der Waals surface area contributed by atoms with Gasteiger partial charge in [-0.2, -0.15) is 0 Å². The lowest BCUT2D eigenvalue weighted by Gasteiger charge is -2.21. The van der Waals surface area contributed by atoms with Gasteiger partial charge in [-0.25, -0.2) is 9.97 Å². The van der Waals surface area contributed by atoms with Gasteiger partial charge in [0.1, 0.15) is 0 Å². The lowest BCUT2D eigenvalue weighted by Crippen LogP contribution is -2.29. The van der Waals surface area contributed by atoms with E-state index in [0.717, 1.165) is 18.9 Å². The summed E-state index contributed by atoms with van der Waals surface area (Å²) in [6, 6.07) is 0.609. The van der Waals surface area contributed by atoms with Gasteiger partial charge in [0.05, 0.1) is 17.4 Å². The lowest BCUT2D eigenvalue weighted by atomic mass is 10.4. The van der Waals surface area contributed by atoms with Gasteiger partial charge in [-0.05, 0) is 25.8 Å². The molecule has 1 heterocycles. The van der Waals surface area contributed by atoms with E-state index in [-0.39, 0.29) is 0 Å². The second kappa shape index (κ2) is 4.77. The van der Waals surface area contributed by atoms with Crippen molar-refractivity contribution in [3.05, 3.63) is 17.4 Å². The SMILES string of the molecule is NCCCN(c1ncc(Cl)cn1)C1CC1. The summed E-state index contributed by atoms with van der Waals surface area (Å²) >= 11 is 5.75. The number of nitrogens with two attached hydrogens (primary N) is 1. The molecule has 0 radical (unpaired) electrons. The molecule has 5 heteroatoms. The summed E-state index contributed by atoms with van der Waals surface area (Å²) in [5.74, 6) is 0.773. The Morgan fingerprint density at radius 2 is 2.07 bits per heavy atom. The molecule has 1 aliphatic carbocycles. The fourth-order valence-corrected chi connectivity index (χ4v) is 1.65. The van der Waals surface area contributed by atoms with Gasteiger partial charge in [-0.15, -0.1) is 0 Å². The fraction of sp³-hybridized carbons (Fsp3) is 0.600. The molecule has 0 saturated heterocycles. The number of nitrogens with zero attached hydrogens (tertiary/aromatic N) is 3. The fourth-order valence-electron chi connectivity index (χ4n) is 1.55. The van der Waals surface area contributed by atoms with E-state index >= 15 is 0 Å². The van der Waals surface area contributed by atoms with E-state index in [4.69, 9.17) is 17.3 Å². The predicted molar refractivity (Wildman–Crippen MR) is 61.1 cm³/mol. The molecular formula is C10H15ClN4. The third-order valence-corrected chi connectivity index (χ3v) is 2.65. The van der Waals surface area contributed by atoms with Gasteiger partial charge >= 0.3 is 0 Å². The van der Waals surface area contributed by atoms with Crippen LogP contribution in [0.15, 0.2) is 12.4 Å². The first-order valence-corrected chi connectivity index (χ1v) is 5.63. The van der Waals surface area contributed by atoms with E-state index in [9.17, 15) is 0 Å². The van der Waals surface area contributed by atoms with E-state index < -0.39 is 0 Å². The number of halogens is 1. The van der Waals surface area contributed by atoms with Gasteiger partial charge < -0.3 is 10.6 Å². The zero-order chi connectivity index (χ0) is 10.7. The second-order valence-electron chi connectivity index (χ2n) is 3.77. The molecule has 0 atom stereocenters. The molecule has 0 aliphatic heterocycles. The van der Waals surface area contributed by atoms with Gasteiger partial charge in [0, 0.05) is 12.6 Å². The van der Waals surface area contributed by atoms with Crippen molar-refractivity contribution < 1.29 is 0 Å². The molecule has 1 aliphatic rings. The van der Waals surface area contributed by atoms with Crippen LogP contribution in [0.25, 0.3) is 0 Å². The minimum absolute atomic E-state index is 0.577. The maximum atomic E-state index is 5.75. The van der Waals surface area contributed by atoms with E-state index in [1.165, 1.54) is 12.8 Å². The molecule has 0 spiro atoms. The quantitative estimate of drug-likeness (QED) is 0.826. The lowest BCUT2D eigenvalue weighted by molar-refractivity contribution is 0.710. The topological polar surface area (TPSA) is 55.0 Å². The maximum absolute atomic E-state index is 5.75. The molecule has 0 bridgehead atoms. The normalized spacial score (nSPS) is 15.3. The van der Waals surface area contributed by atoms with Crippen LogP contribution in [0.4, 0.5) is 5.95 Å². The molecule has 82 valence electrons. The molecule has 1 aromatic heterocycles. The van der Waals surface area contributed by atoms with Crippen molar-refractivity contribution >= 4 is 17.5 Å². The Bertz CT molecular complexity index is 310. The average Bonchev–Trinajstić information content (AvgIpc) is 3.05. The van der Waals surface area contributed by atoms with Crippen LogP contribution in [0.2, 0.25) is 5.02 Å². The minimum atomic E-state index is 0.577. The van der Waals surface area contributed by atoms with Crippen molar-refractivity contribution in [1.82, 2.24) is 9.97 Å². The Labute approximate surface area is 94.5 Å². The predicted octanol–water partition coefficient (Wildman–Crippen LogP) is 1.45. The molecule has 1 fully saturated rings. The molecule has 1 aromatic rings. The van der Waals surface area contributed by atoms with Crippen LogP contribution in [-0.4, -0.2) is 29.1 Å². The third-order valence-electron chi connectivity index (χ3n) is 2.45. The Kier molecular flexibility index (Phi) is 3.38. The first kappa shape index (κ1) is 10.6. The zero-order valence-corrected chi connectivity index (χ0v) is 9.32. The molecule has 0 unspecified atom stereocenters. The summed E-state index contributed by atoms with van der Waals surface area (Å²) in [6.45, 7) is 1.64. The summed E-state index contributed by atoms with van der Waals surface area (Å²) < 4.78 is 0. The van der Waals surface area contributed by atoms with Gasteiger partial charge in [-0.1, -0.05) is 11.6 Å². The molecule has 1 saturated carbocycles. The molecule has 0 amide bonds. The Hall–Kier alpha value is -0.870. The number of rotatable bonds is 5. The molecule has 2 N–H and O–H groups in total. The molecule has 15 heavy (non-hydrogen) atoms. The van der Waals surface area contributed by atoms with Crippen LogP contribution >= 0.6 is 11.6 Å². The van der Waals surface area contributed by atoms with E-state index in [1.54, 1.807) is 12.4 Å². The number of hydrogen-bond acceptors (Lipinski definition) is 4. The number of hydrogen-bond donors (Lipinski definition) is 1. The standard InChI is InChI=1S/C10H15ClN4/c11-8-6-13-10(14-7-8)15(5-1-4-12)9-2-3-9/h6-7,9H,1-5,12H2. The summed E-state index contributed by atoms with van der Waals surface area (Å²) in [4.78, 5) is 10.7. The summed E-state index contributed by atoms with van der Waals surface area (Å²) in [6.07, 6.45) is 6.72. The van der Waals surface area contributed by atoms with Crippen LogP contribution < -0.4 is 10.6 Å². The largest absolute Gasteiger partial charge is 0.338 e. The van der Waals surface area contributed by atoms with Crippen molar-refractivity contribution in [3.63, 3.8) is 0 Å². The van der Waals surface area contributed by atoms with Crippen molar-refractivity contribution in [2.75, 3.05) is 18.0 Å². The highest BCUT2D eigenvalue weighted by atomic mass is 35.5. The molecular weight excluding hydrogens is 212 g/mol. The summed E-state index contributed by atoms with van der Waals surface area (Å²) in [7, 11) is 0. The zero-order valence-electron chi connectivity index (χ0n) is 8.56. The van der Waals surface area contributed by atoms with Gasteiger partial charge in [0.2, 0.25) is 5.95 Å². The van der Waals surface area contributed by atoms with Crippen LogP contribution in [-0.2, 0) is 0 Å². The first-order chi connectivity index (χ1) is 7.31. The molecule has 4 nitrogen and oxygen atoms in total. The van der Waals surface area contributed by atoms with Crippen LogP contribution in [0.1, 0.15) is 19.3 Å². The van der Waals surface area contributed by atoms with E-state index in [0.29, 0.717) is 17.6 Å². The average molecular weight is 227 g/mol. The van der Waals surface area contributed by atoms with Crippen LogP contribution in [0.3, 0.4) is 0 Å². The Balaban J connectivity index is 2.06. The number of aromatic nitrogens is 2. The van der Waals surface area contributed by atoms with Crippen molar-refractivity contribution in [3.8, 4) is 0 Å². The van der Waals surface area contributed by atoms with Crippen molar-refractivity contribution in [2.24, 2.45) is 5.73 Å². The monoisotopic (exact) mass is 226 g/mol. The second-order valence-corrected chi connectivity index (χ2v) is 4.20. The van der Waals surface area contributed by atoms with Gasteiger partial charge in [0.25, 0.3) is 0 Å². The highest BCUT2D eigenvalue weighted by Gasteiger charge is 2.30. The van der Waals surface area contributed by atoms with E-state index in [2.05, 4.69) is 14.9 Å². The maximum Gasteiger partial charge on any atom is 0.225 e. The third kappa shape index (κ3) is 2.79. The molecule has 2 rings (SSSR count). The van der Waals surface area contributed by atoms with E-state index in [1.807, 2.05) is 0 Å². The van der Waals surface area contributed by atoms with Gasteiger partial charge in [-0.3, -0.25) is 0 Å². The highest BCUT2D eigenvalue weighted by Crippen LogP contribution is 2.29. The Morgan fingerprint density at radius 3 is 2.60 bits per heavy atom. The summed E-state index contributed by atoms with van der Waals surface area (Å²) in [5.41, 5.74) is 5.51. The number of anilines is 1. The van der Waals surface area contributed by atoms with Gasteiger partial charge in [0.15, 0.2) is 0 Å². The minimum Gasteiger partial charge on any atom is -0.338 e. The van der Waals surface area contributed by atoms with Crippen molar-refractivity contribution in [1.29, 1.82) is 0 Å². The highest BCUT2D eigenvalue weighted by molar-refractivity contribution is 6.30. The van der Waals surface area contributed by atoms with Crippen LogP contribution in [0.5, 0.6) is 0 Å². The summed E-state index contributed by atoms with van der Waals surface area (Å²) in [5, 5.41) is 0.577. The Morgan fingerprint density at radius 1 is 1.40 bits per heavy atom. The van der Waals surface area contributed by atoms with Crippen LogP contribution in [0, 0.1) is 0 Å². The smallest absolute Gasteiger partial charge is 0.225 e. The first-order valence-electron chi connectivity index (χ1n) is 5.25. The molecule has 0 aromatic carbocycles. The van der Waals surface area contributed by atoms with Crippen molar-refractivity contribution in [2.45, 2.75) is 25.3 Å².